The van der Waals surface area contributed by atoms with E-state index in [0.717, 1.165) is 11.3 Å². The Morgan fingerprint density at radius 3 is 2.62 bits per heavy atom. The maximum atomic E-state index is 9.69. The van der Waals surface area contributed by atoms with E-state index in [-0.39, 0.29) is 5.76 Å². The lowest BCUT2D eigenvalue weighted by Crippen LogP contribution is -2.17. The second-order valence-electron chi connectivity index (χ2n) is 3.52. The van der Waals surface area contributed by atoms with Crippen molar-refractivity contribution in [2.75, 3.05) is 0 Å². The molecule has 0 unspecified atom stereocenters. The van der Waals surface area contributed by atoms with Gasteiger partial charge in [-0.15, -0.1) is 0 Å². The highest BCUT2D eigenvalue weighted by molar-refractivity contribution is 5.42. The Labute approximate surface area is 94.4 Å². The molecule has 1 aromatic rings. The molecule has 3 heteroatoms. The number of rotatable bonds is 2. The van der Waals surface area contributed by atoms with Gasteiger partial charge in [0.2, 0.25) is 0 Å². The number of hydrogen-bond donors (Lipinski definition) is 2. The van der Waals surface area contributed by atoms with Crippen LogP contribution in [0.1, 0.15) is 6.92 Å². The molecule has 0 aliphatic carbocycles. The number of aliphatic hydroxyl groups is 1. The van der Waals surface area contributed by atoms with Gasteiger partial charge in [0.05, 0.1) is 0 Å². The van der Waals surface area contributed by atoms with Gasteiger partial charge in [-0.2, -0.15) is 0 Å². The number of hydrogen-bond acceptors (Lipinski definition) is 3. The molecule has 16 heavy (non-hydrogen) atoms. The summed E-state index contributed by atoms with van der Waals surface area (Å²) in [6, 6.07) is 9.33. The van der Waals surface area contributed by atoms with E-state index in [4.69, 9.17) is 4.74 Å². The lowest BCUT2D eigenvalue weighted by atomic mass is 10.1. The molecule has 3 nitrogen and oxygen atoms in total. The van der Waals surface area contributed by atoms with Gasteiger partial charge in [0.15, 0.2) is 11.5 Å². The van der Waals surface area contributed by atoms with Crippen molar-refractivity contribution in [1.29, 1.82) is 0 Å². The van der Waals surface area contributed by atoms with E-state index in [1.807, 2.05) is 37.3 Å². The van der Waals surface area contributed by atoms with Crippen LogP contribution in [-0.2, 0) is 0 Å². The summed E-state index contributed by atoms with van der Waals surface area (Å²) in [6.07, 6.45) is 1.47. The van der Waals surface area contributed by atoms with Crippen molar-refractivity contribution in [2.24, 2.45) is 0 Å². The highest BCUT2D eigenvalue weighted by Crippen LogP contribution is 2.24. The number of nitrogens with one attached hydrogen (secondary N) is 1. The van der Waals surface area contributed by atoms with Gasteiger partial charge >= 0.3 is 0 Å². The Kier molecular flexibility index (Phi) is 2.68. The van der Waals surface area contributed by atoms with Crippen LogP contribution in [0, 0.1) is 0 Å². The van der Waals surface area contributed by atoms with Gasteiger partial charge in [-0.05, 0) is 19.1 Å². The molecular weight excluding hydrogens is 202 g/mol. The smallest absolute Gasteiger partial charge is 0.175 e. The van der Waals surface area contributed by atoms with Crippen molar-refractivity contribution in [3.63, 3.8) is 0 Å². The van der Waals surface area contributed by atoms with Crippen LogP contribution >= 0.6 is 0 Å². The molecule has 0 saturated heterocycles. The Bertz CT molecular complexity index is 472. The highest BCUT2D eigenvalue weighted by Gasteiger charge is 2.17. The molecule has 1 aliphatic heterocycles. The fourth-order valence-electron chi connectivity index (χ4n) is 1.39. The molecule has 0 amide bonds. The quantitative estimate of drug-likeness (QED) is 0.797. The molecule has 0 aromatic heterocycles. The molecule has 1 aromatic carbocycles. The number of para-hydroxylation sites is 1. The van der Waals surface area contributed by atoms with Crippen LogP contribution < -0.4 is 10.1 Å². The zero-order valence-electron chi connectivity index (χ0n) is 9.03. The molecule has 0 fully saturated rings. The number of allylic oxidation sites excluding steroid dienone is 1. The predicted molar refractivity (Wildman–Crippen MR) is 62.8 cm³/mol. The van der Waals surface area contributed by atoms with Crippen LogP contribution in [-0.4, -0.2) is 5.11 Å². The zero-order valence-corrected chi connectivity index (χ0v) is 9.03. The summed E-state index contributed by atoms with van der Waals surface area (Å²) in [5.41, 5.74) is 1.52. The highest BCUT2D eigenvalue weighted by atomic mass is 16.5. The molecule has 2 rings (SSSR count). The van der Waals surface area contributed by atoms with Crippen molar-refractivity contribution < 1.29 is 9.84 Å². The minimum Gasteiger partial charge on any atom is -0.503 e. The summed E-state index contributed by atoms with van der Waals surface area (Å²) in [7, 11) is 0. The van der Waals surface area contributed by atoms with Gasteiger partial charge in [0.1, 0.15) is 5.75 Å². The van der Waals surface area contributed by atoms with Crippen molar-refractivity contribution in [1.82, 2.24) is 5.32 Å². The van der Waals surface area contributed by atoms with Crippen LogP contribution in [0.25, 0.3) is 0 Å². The predicted octanol–water partition coefficient (Wildman–Crippen LogP) is 2.86. The molecule has 0 bridgehead atoms. The fourth-order valence-corrected chi connectivity index (χ4v) is 1.39. The summed E-state index contributed by atoms with van der Waals surface area (Å²) in [6.45, 7) is 5.66. The summed E-state index contributed by atoms with van der Waals surface area (Å²) in [5.74, 6) is 1.20. The van der Waals surface area contributed by atoms with E-state index in [1.54, 1.807) is 0 Å². The Morgan fingerprint density at radius 1 is 1.25 bits per heavy atom. The molecule has 0 atom stereocenters. The molecule has 82 valence electrons. The molecule has 0 spiro atoms. The Morgan fingerprint density at radius 2 is 1.94 bits per heavy atom. The molecule has 0 saturated carbocycles. The summed E-state index contributed by atoms with van der Waals surface area (Å²) < 4.78 is 5.61. The van der Waals surface area contributed by atoms with Crippen LogP contribution in [0.15, 0.2) is 65.9 Å². The van der Waals surface area contributed by atoms with Gasteiger partial charge in [-0.25, -0.2) is 0 Å². The number of benzene rings is 1. The van der Waals surface area contributed by atoms with Gasteiger partial charge in [0, 0.05) is 17.5 Å². The number of aliphatic hydroxyl groups excluding tert-OH is 1. The molecule has 0 radical (unpaired) electrons. The van der Waals surface area contributed by atoms with E-state index in [2.05, 4.69) is 11.9 Å². The van der Waals surface area contributed by atoms with Gasteiger partial charge in [-0.1, -0.05) is 24.8 Å². The van der Waals surface area contributed by atoms with E-state index in [1.165, 1.54) is 6.20 Å². The number of dihydropyridines is 1. The van der Waals surface area contributed by atoms with Crippen LogP contribution in [0.3, 0.4) is 0 Å². The topological polar surface area (TPSA) is 41.5 Å². The minimum atomic E-state index is 0.0775. The Hall–Kier alpha value is -2.16. The van der Waals surface area contributed by atoms with Crippen molar-refractivity contribution >= 4 is 0 Å². The average molecular weight is 215 g/mol. The normalized spacial score (nSPS) is 15.6. The second kappa shape index (κ2) is 4.14. The van der Waals surface area contributed by atoms with Crippen molar-refractivity contribution in [3.8, 4) is 5.75 Å². The van der Waals surface area contributed by atoms with Crippen molar-refractivity contribution in [3.05, 3.63) is 65.9 Å². The average Bonchev–Trinajstić information content (AvgIpc) is 2.31. The van der Waals surface area contributed by atoms with Crippen LogP contribution in [0.2, 0.25) is 0 Å². The van der Waals surface area contributed by atoms with Gasteiger partial charge < -0.3 is 15.2 Å². The Balaban J connectivity index is 2.30. The van der Waals surface area contributed by atoms with E-state index >= 15 is 0 Å². The monoisotopic (exact) mass is 215 g/mol. The third-order valence-electron chi connectivity index (χ3n) is 2.37. The summed E-state index contributed by atoms with van der Waals surface area (Å²) >= 11 is 0. The molecule has 2 N–H and O–H groups in total. The summed E-state index contributed by atoms with van der Waals surface area (Å²) in [5, 5.41) is 12.5. The molecule has 1 heterocycles. The first-order chi connectivity index (χ1) is 7.68. The lowest BCUT2D eigenvalue weighted by molar-refractivity contribution is 0.328. The van der Waals surface area contributed by atoms with Crippen LogP contribution in [0.4, 0.5) is 0 Å². The first-order valence-electron chi connectivity index (χ1n) is 4.97. The standard InChI is InChI=1S/C13H13NO2/c1-9-10(2)14-8-12(15)13(9)16-11-6-4-3-5-7-11/h3-8,14-15H,2H2,1H3. The van der Waals surface area contributed by atoms with E-state index in [0.29, 0.717) is 11.5 Å². The third kappa shape index (κ3) is 1.93. The largest absolute Gasteiger partial charge is 0.503 e. The van der Waals surface area contributed by atoms with E-state index < -0.39 is 0 Å². The fraction of sp³-hybridized carbons (Fsp3) is 0.0769. The van der Waals surface area contributed by atoms with E-state index in [9.17, 15) is 5.11 Å². The zero-order chi connectivity index (χ0) is 11.5. The van der Waals surface area contributed by atoms with Crippen molar-refractivity contribution in [2.45, 2.75) is 6.92 Å². The summed E-state index contributed by atoms with van der Waals surface area (Å²) in [4.78, 5) is 0. The maximum Gasteiger partial charge on any atom is 0.175 e. The molecular formula is C13H13NO2. The minimum absolute atomic E-state index is 0.0775. The van der Waals surface area contributed by atoms with Crippen LogP contribution in [0.5, 0.6) is 5.75 Å². The second-order valence-corrected chi connectivity index (χ2v) is 3.52. The van der Waals surface area contributed by atoms with Gasteiger partial charge in [-0.3, -0.25) is 0 Å². The third-order valence-corrected chi connectivity index (χ3v) is 2.37. The maximum absolute atomic E-state index is 9.69. The lowest BCUT2D eigenvalue weighted by Gasteiger charge is -2.19. The number of ether oxygens (including phenoxy) is 1. The first kappa shape index (κ1) is 10.4. The first-order valence-corrected chi connectivity index (χ1v) is 4.97. The van der Waals surface area contributed by atoms with Gasteiger partial charge in [0.25, 0.3) is 0 Å². The molecule has 1 aliphatic rings. The SMILES string of the molecule is C=C1NC=C(O)C(Oc2ccccc2)=C1C.